The molecule has 0 saturated heterocycles. The molecule has 0 aliphatic heterocycles. The number of rotatable bonds is 4. The minimum atomic E-state index is 0.382. The lowest BCUT2D eigenvalue weighted by atomic mass is 10.0. The first kappa shape index (κ1) is 13.1. The molecule has 2 rings (SSSR count). The van der Waals surface area contributed by atoms with Crippen LogP contribution in [0, 0.1) is 0 Å². The largest absolute Gasteiger partial charge is 0.303 e. The van der Waals surface area contributed by atoms with Gasteiger partial charge in [-0.15, -0.1) is 5.10 Å². The first-order valence-corrected chi connectivity index (χ1v) is 7.07. The zero-order valence-electron chi connectivity index (χ0n) is 11.1. The Morgan fingerprint density at radius 1 is 1.33 bits per heavy atom. The lowest BCUT2D eigenvalue weighted by Gasteiger charge is -2.20. The number of thioether (sulfide) groups is 1. The van der Waals surface area contributed by atoms with Gasteiger partial charge < -0.3 is 4.90 Å². The van der Waals surface area contributed by atoms with Crippen molar-refractivity contribution in [2.24, 2.45) is 0 Å². The topological polar surface area (TPSA) is 44.8 Å². The second-order valence-electron chi connectivity index (χ2n) is 4.44. The average Bonchev–Trinajstić information content (AvgIpc) is 2.86. The van der Waals surface area contributed by atoms with E-state index in [1.807, 2.05) is 6.26 Å². The summed E-state index contributed by atoms with van der Waals surface area (Å²) < 4.78 is 0. The first-order chi connectivity index (χ1) is 8.61. The molecule has 4 nitrogen and oxygen atoms in total. The number of hydrogen-bond donors (Lipinski definition) is 1. The molecule has 96 valence electrons. The van der Waals surface area contributed by atoms with Crippen LogP contribution in [0.2, 0.25) is 0 Å². The molecule has 1 N–H and O–H groups in total. The minimum Gasteiger partial charge on any atom is -0.303 e. The van der Waals surface area contributed by atoms with E-state index >= 15 is 0 Å². The molecule has 1 atom stereocenters. The number of H-pyrrole nitrogens is 1. The third-order valence-corrected chi connectivity index (χ3v) is 3.61. The van der Waals surface area contributed by atoms with Crippen molar-refractivity contribution in [3.63, 3.8) is 0 Å². The van der Waals surface area contributed by atoms with Gasteiger partial charge in [-0.05, 0) is 38.9 Å². The van der Waals surface area contributed by atoms with Crippen molar-refractivity contribution in [1.29, 1.82) is 0 Å². The number of aromatic amines is 1. The summed E-state index contributed by atoms with van der Waals surface area (Å²) in [7, 11) is 4.16. The maximum absolute atomic E-state index is 4.43. The third kappa shape index (κ3) is 2.73. The van der Waals surface area contributed by atoms with Crippen molar-refractivity contribution < 1.29 is 0 Å². The molecule has 0 spiro atoms. The SMILES string of the molecule is CSc1n[nH]c(-c2cccc([C@H](C)N(C)C)c2)n1. The summed E-state index contributed by atoms with van der Waals surface area (Å²) in [6.07, 6.45) is 1.97. The molecule has 2 aromatic rings. The molecule has 18 heavy (non-hydrogen) atoms. The predicted octanol–water partition coefficient (Wildman–Crippen LogP) is 2.82. The molecule has 1 heterocycles. The molecule has 0 fully saturated rings. The molecule has 0 saturated carbocycles. The average molecular weight is 262 g/mol. The molecular formula is C13H18N4S. The van der Waals surface area contributed by atoms with Crippen molar-refractivity contribution >= 4 is 11.8 Å². The Bertz CT molecular complexity index is 521. The Morgan fingerprint density at radius 2 is 2.11 bits per heavy atom. The molecule has 1 aromatic heterocycles. The van der Waals surface area contributed by atoms with Crippen LogP contribution in [-0.4, -0.2) is 40.4 Å². The van der Waals surface area contributed by atoms with Gasteiger partial charge in [0.2, 0.25) is 5.16 Å². The molecule has 0 aliphatic carbocycles. The van der Waals surface area contributed by atoms with E-state index in [0.29, 0.717) is 6.04 Å². The minimum absolute atomic E-state index is 0.382. The summed E-state index contributed by atoms with van der Waals surface area (Å²) in [5, 5.41) is 7.88. The summed E-state index contributed by atoms with van der Waals surface area (Å²) in [5.41, 5.74) is 2.36. The second-order valence-corrected chi connectivity index (χ2v) is 5.21. The van der Waals surface area contributed by atoms with Crippen LogP contribution >= 0.6 is 11.8 Å². The fourth-order valence-electron chi connectivity index (χ4n) is 1.71. The second kappa shape index (κ2) is 5.54. The van der Waals surface area contributed by atoms with E-state index in [0.717, 1.165) is 16.5 Å². The lowest BCUT2D eigenvalue weighted by molar-refractivity contribution is 0.321. The number of nitrogens with one attached hydrogen (secondary N) is 1. The van der Waals surface area contributed by atoms with E-state index in [1.165, 1.54) is 17.3 Å². The van der Waals surface area contributed by atoms with Crippen LogP contribution in [0.3, 0.4) is 0 Å². The highest BCUT2D eigenvalue weighted by atomic mass is 32.2. The van der Waals surface area contributed by atoms with Crippen molar-refractivity contribution in [3.05, 3.63) is 29.8 Å². The Hall–Kier alpha value is -1.33. The van der Waals surface area contributed by atoms with Gasteiger partial charge in [-0.1, -0.05) is 30.0 Å². The first-order valence-electron chi connectivity index (χ1n) is 5.85. The van der Waals surface area contributed by atoms with E-state index in [4.69, 9.17) is 0 Å². The zero-order chi connectivity index (χ0) is 13.1. The molecule has 0 unspecified atom stereocenters. The zero-order valence-corrected chi connectivity index (χ0v) is 12.0. The van der Waals surface area contributed by atoms with Crippen molar-refractivity contribution in [2.75, 3.05) is 20.4 Å². The van der Waals surface area contributed by atoms with E-state index in [1.54, 1.807) is 0 Å². The highest BCUT2D eigenvalue weighted by Gasteiger charge is 2.10. The molecular weight excluding hydrogens is 244 g/mol. The maximum Gasteiger partial charge on any atom is 0.208 e. The van der Waals surface area contributed by atoms with Crippen LogP contribution < -0.4 is 0 Å². The summed E-state index contributed by atoms with van der Waals surface area (Å²) in [6.45, 7) is 2.19. The quantitative estimate of drug-likeness (QED) is 0.861. The molecule has 1 aromatic carbocycles. The van der Waals surface area contributed by atoms with Crippen LogP contribution in [0.1, 0.15) is 18.5 Å². The monoisotopic (exact) mass is 262 g/mol. The number of nitrogens with zero attached hydrogens (tertiary/aromatic N) is 3. The summed E-state index contributed by atoms with van der Waals surface area (Å²) >= 11 is 1.54. The van der Waals surface area contributed by atoms with Crippen LogP contribution in [0.5, 0.6) is 0 Å². The van der Waals surface area contributed by atoms with E-state index in [9.17, 15) is 0 Å². The smallest absolute Gasteiger partial charge is 0.208 e. The summed E-state index contributed by atoms with van der Waals surface area (Å²) in [4.78, 5) is 6.61. The molecule has 0 amide bonds. The van der Waals surface area contributed by atoms with Gasteiger partial charge >= 0.3 is 0 Å². The van der Waals surface area contributed by atoms with Gasteiger partial charge in [-0.2, -0.15) is 0 Å². The highest BCUT2D eigenvalue weighted by molar-refractivity contribution is 7.98. The molecule has 0 radical (unpaired) electrons. The standard InChI is InChI=1S/C13H18N4S/c1-9(17(2)3)10-6-5-7-11(8-10)12-14-13(18-4)16-15-12/h5-9H,1-4H3,(H,14,15,16)/t9-/m0/s1. The van der Waals surface area contributed by atoms with Crippen molar-refractivity contribution in [3.8, 4) is 11.4 Å². The van der Waals surface area contributed by atoms with Gasteiger partial charge in [0.25, 0.3) is 0 Å². The summed E-state index contributed by atoms with van der Waals surface area (Å²) in [5.74, 6) is 0.826. The summed E-state index contributed by atoms with van der Waals surface area (Å²) in [6, 6.07) is 8.80. The molecule has 0 aliphatic rings. The van der Waals surface area contributed by atoms with Crippen LogP contribution in [0.15, 0.2) is 29.4 Å². The Morgan fingerprint density at radius 3 is 2.72 bits per heavy atom. The predicted molar refractivity (Wildman–Crippen MR) is 75.7 cm³/mol. The normalized spacial score (nSPS) is 12.9. The number of hydrogen-bond acceptors (Lipinski definition) is 4. The van der Waals surface area contributed by atoms with Gasteiger partial charge in [0.15, 0.2) is 5.82 Å². The highest BCUT2D eigenvalue weighted by Crippen LogP contribution is 2.23. The number of benzene rings is 1. The lowest BCUT2D eigenvalue weighted by Crippen LogP contribution is -2.16. The van der Waals surface area contributed by atoms with Crippen LogP contribution in [0.25, 0.3) is 11.4 Å². The Balaban J connectivity index is 2.32. The van der Waals surface area contributed by atoms with Crippen LogP contribution in [-0.2, 0) is 0 Å². The van der Waals surface area contributed by atoms with Gasteiger partial charge in [-0.3, -0.25) is 5.10 Å². The third-order valence-electron chi connectivity index (χ3n) is 3.06. The van der Waals surface area contributed by atoms with Gasteiger partial charge in [0, 0.05) is 11.6 Å². The van der Waals surface area contributed by atoms with Gasteiger partial charge in [-0.25, -0.2) is 4.98 Å². The fourth-order valence-corrected chi connectivity index (χ4v) is 2.03. The van der Waals surface area contributed by atoms with Crippen LogP contribution in [0.4, 0.5) is 0 Å². The number of aromatic nitrogens is 3. The Labute approximate surface area is 112 Å². The van der Waals surface area contributed by atoms with E-state index in [2.05, 4.69) is 65.4 Å². The molecule has 5 heteroatoms. The van der Waals surface area contributed by atoms with Gasteiger partial charge in [0.1, 0.15) is 0 Å². The van der Waals surface area contributed by atoms with Crippen molar-refractivity contribution in [2.45, 2.75) is 18.1 Å². The maximum atomic E-state index is 4.43. The van der Waals surface area contributed by atoms with Gasteiger partial charge in [0.05, 0.1) is 0 Å². The van der Waals surface area contributed by atoms with E-state index in [-0.39, 0.29) is 0 Å². The fraction of sp³-hybridized carbons (Fsp3) is 0.385. The van der Waals surface area contributed by atoms with Crippen molar-refractivity contribution in [1.82, 2.24) is 20.1 Å². The van der Waals surface area contributed by atoms with E-state index < -0.39 is 0 Å². The molecule has 0 bridgehead atoms. The Kier molecular flexibility index (Phi) is 4.04.